The number of rotatable bonds is 4. The van der Waals surface area contributed by atoms with Crippen LogP contribution in [0.25, 0.3) is 6.08 Å². The summed E-state index contributed by atoms with van der Waals surface area (Å²) in [5, 5.41) is 0. The Bertz CT molecular complexity index is 668. The van der Waals surface area contributed by atoms with Gasteiger partial charge in [0.15, 0.2) is 0 Å². The van der Waals surface area contributed by atoms with Crippen LogP contribution in [0.3, 0.4) is 0 Å². The van der Waals surface area contributed by atoms with Crippen molar-refractivity contribution in [1.82, 2.24) is 9.80 Å². The highest BCUT2D eigenvalue weighted by Crippen LogP contribution is 2.21. The quantitative estimate of drug-likeness (QED) is 0.770. The minimum absolute atomic E-state index is 0.0598. The minimum atomic E-state index is -0.106. The van der Waals surface area contributed by atoms with Gasteiger partial charge in [0.1, 0.15) is 5.75 Å². The molecule has 6 nitrogen and oxygen atoms in total. The molecule has 0 N–H and O–H groups in total. The number of hydrogen-bond donors (Lipinski definition) is 0. The number of likely N-dealkylation sites (tertiary alicyclic amines) is 1. The number of carbonyl (C=O) groups is 2. The van der Waals surface area contributed by atoms with E-state index in [0.29, 0.717) is 39.4 Å². The molecule has 0 aliphatic carbocycles. The standard InChI is InChI=1S/C20H26N2O4/c1-25-18-7-3-2-5-16(18)8-9-19(23)22-10-4-6-17(15-22)20(24)21-11-13-26-14-12-21/h2-3,5,7-9,17H,4,6,10-15H2,1H3/b9-8+. The summed E-state index contributed by atoms with van der Waals surface area (Å²) >= 11 is 0. The van der Waals surface area contributed by atoms with Crippen molar-refractivity contribution < 1.29 is 19.1 Å². The first-order valence-corrected chi connectivity index (χ1v) is 9.15. The SMILES string of the molecule is COc1ccccc1/C=C/C(=O)N1CCCC(C(=O)N2CCOCC2)C1. The van der Waals surface area contributed by atoms with Crippen LogP contribution in [0.15, 0.2) is 30.3 Å². The molecule has 2 amide bonds. The van der Waals surface area contributed by atoms with Gasteiger partial charge in [0.2, 0.25) is 11.8 Å². The summed E-state index contributed by atoms with van der Waals surface area (Å²) in [5.41, 5.74) is 0.862. The molecule has 1 atom stereocenters. The van der Waals surface area contributed by atoms with Crippen molar-refractivity contribution in [3.8, 4) is 5.75 Å². The monoisotopic (exact) mass is 358 g/mol. The number of hydrogen-bond acceptors (Lipinski definition) is 4. The van der Waals surface area contributed by atoms with Gasteiger partial charge in [0, 0.05) is 37.8 Å². The van der Waals surface area contributed by atoms with E-state index in [1.54, 1.807) is 24.2 Å². The van der Waals surface area contributed by atoms with Crippen LogP contribution in [0.4, 0.5) is 0 Å². The normalized spacial score (nSPS) is 21.0. The molecule has 2 aliphatic heterocycles. The van der Waals surface area contributed by atoms with Gasteiger partial charge in [-0.1, -0.05) is 18.2 Å². The fraction of sp³-hybridized carbons (Fsp3) is 0.500. The fourth-order valence-electron chi connectivity index (χ4n) is 3.49. The first kappa shape index (κ1) is 18.5. The Labute approximate surface area is 154 Å². The lowest BCUT2D eigenvalue weighted by Crippen LogP contribution is -2.49. The van der Waals surface area contributed by atoms with Crippen molar-refractivity contribution in [2.75, 3.05) is 46.5 Å². The first-order valence-electron chi connectivity index (χ1n) is 9.15. The molecular weight excluding hydrogens is 332 g/mol. The van der Waals surface area contributed by atoms with Gasteiger partial charge in [-0.15, -0.1) is 0 Å². The van der Waals surface area contributed by atoms with E-state index in [1.165, 1.54) is 0 Å². The highest BCUT2D eigenvalue weighted by Gasteiger charge is 2.31. The van der Waals surface area contributed by atoms with Crippen molar-refractivity contribution in [2.45, 2.75) is 12.8 Å². The lowest BCUT2D eigenvalue weighted by molar-refractivity contribution is -0.143. The summed E-state index contributed by atoms with van der Waals surface area (Å²) in [7, 11) is 1.61. The number of methoxy groups -OCH3 is 1. The maximum Gasteiger partial charge on any atom is 0.246 e. The average Bonchev–Trinajstić information content (AvgIpc) is 2.72. The van der Waals surface area contributed by atoms with Crippen molar-refractivity contribution in [3.05, 3.63) is 35.9 Å². The van der Waals surface area contributed by atoms with E-state index < -0.39 is 0 Å². The predicted octanol–water partition coefficient (Wildman–Crippen LogP) is 1.81. The van der Waals surface area contributed by atoms with Crippen LogP contribution < -0.4 is 4.74 Å². The number of piperidine rings is 1. The predicted molar refractivity (Wildman–Crippen MR) is 98.7 cm³/mol. The molecule has 140 valence electrons. The van der Waals surface area contributed by atoms with E-state index in [2.05, 4.69) is 0 Å². The third-order valence-electron chi connectivity index (χ3n) is 4.95. The molecule has 3 rings (SSSR count). The second-order valence-corrected chi connectivity index (χ2v) is 6.64. The summed E-state index contributed by atoms with van der Waals surface area (Å²) < 4.78 is 10.6. The van der Waals surface area contributed by atoms with E-state index in [0.717, 1.165) is 24.2 Å². The van der Waals surface area contributed by atoms with Gasteiger partial charge < -0.3 is 19.3 Å². The molecule has 1 aromatic carbocycles. The van der Waals surface area contributed by atoms with Gasteiger partial charge in [-0.3, -0.25) is 9.59 Å². The average molecular weight is 358 g/mol. The van der Waals surface area contributed by atoms with Crippen LogP contribution in [-0.2, 0) is 14.3 Å². The summed E-state index contributed by atoms with van der Waals surface area (Å²) in [6, 6.07) is 7.57. The van der Waals surface area contributed by atoms with Crippen molar-refractivity contribution in [1.29, 1.82) is 0 Å². The highest BCUT2D eigenvalue weighted by molar-refractivity contribution is 5.92. The molecule has 0 radical (unpaired) electrons. The maximum absolute atomic E-state index is 12.7. The Hall–Kier alpha value is -2.34. The molecule has 26 heavy (non-hydrogen) atoms. The smallest absolute Gasteiger partial charge is 0.246 e. The summed E-state index contributed by atoms with van der Waals surface area (Å²) in [4.78, 5) is 28.9. The van der Waals surface area contributed by atoms with Gasteiger partial charge in [0.05, 0.1) is 26.2 Å². The van der Waals surface area contributed by atoms with Crippen LogP contribution in [0.2, 0.25) is 0 Å². The van der Waals surface area contributed by atoms with Crippen LogP contribution in [0, 0.1) is 5.92 Å². The third kappa shape index (κ3) is 4.43. The Balaban J connectivity index is 1.60. The number of ether oxygens (including phenoxy) is 2. The second kappa shape index (κ2) is 8.85. The van der Waals surface area contributed by atoms with Crippen LogP contribution in [0.5, 0.6) is 5.75 Å². The zero-order chi connectivity index (χ0) is 18.4. The molecule has 2 saturated heterocycles. The Morgan fingerprint density at radius 2 is 1.92 bits per heavy atom. The van der Waals surface area contributed by atoms with E-state index in [9.17, 15) is 9.59 Å². The number of morpholine rings is 1. The van der Waals surface area contributed by atoms with Crippen LogP contribution in [0.1, 0.15) is 18.4 Å². The van der Waals surface area contributed by atoms with Gasteiger partial charge >= 0.3 is 0 Å². The van der Waals surface area contributed by atoms with Crippen LogP contribution in [-0.4, -0.2) is 68.1 Å². The topological polar surface area (TPSA) is 59.1 Å². The van der Waals surface area contributed by atoms with Gasteiger partial charge in [-0.25, -0.2) is 0 Å². The van der Waals surface area contributed by atoms with E-state index in [1.807, 2.05) is 29.2 Å². The molecule has 0 saturated carbocycles. The zero-order valence-corrected chi connectivity index (χ0v) is 15.2. The molecule has 1 unspecified atom stereocenters. The molecular formula is C20H26N2O4. The molecule has 2 heterocycles. The van der Waals surface area contributed by atoms with Crippen molar-refractivity contribution >= 4 is 17.9 Å². The number of carbonyl (C=O) groups excluding carboxylic acids is 2. The number of amides is 2. The summed E-state index contributed by atoms with van der Waals surface area (Å²) in [5.74, 6) is 0.718. The Morgan fingerprint density at radius 3 is 2.69 bits per heavy atom. The number of benzene rings is 1. The number of nitrogens with zero attached hydrogens (tertiary/aromatic N) is 2. The Kier molecular flexibility index (Phi) is 6.28. The van der Waals surface area contributed by atoms with E-state index in [4.69, 9.17) is 9.47 Å². The molecule has 0 spiro atoms. The molecule has 0 bridgehead atoms. The van der Waals surface area contributed by atoms with Crippen LogP contribution >= 0.6 is 0 Å². The third-order valence-corrected chi connectivity index (χ3v) is 4.95. The molecule has 1 aromatic rings. The second-order valence-electron chi connectivity index (χ2n) is 6.64. The molecule has 6 heteroatoms. The summed E-state index contributed by atoms with van der Waals surface area (Å²) in [6.45, 7) is 3.69. The minimum Gasteiger partial charge on any atom is -0.496 e. The van der Waals surface area contributed by atoms with Gasteiger partial charge in [-0.2, -0.15) is 0 Å². The van der Waals surface area contributed by atoms with Gasteiger partial charge in [-0.05, 0) is 25.0 Å². The lowest BCUT2D eigenvalue weighted by Gasteiger charge is -2.35. The van der Waals surface area contributed by atoms with Gasteiger partial charge in [0.25, 0.3) is 0 Å². The maximum atomic E-state index is 12.7. The Morgan fingerprint density at radius 1 is 1.15 bits per heavy atom. The lowest BCUT2D eigenvalue weighted by atomic mass is 9.96. The van der Waals surface area contributed by atoms with E-state index in [-0.39, 0.29) is 17.7 Å². The highest BCUT2D eigenvalue weighted by atomic mass is 16.5. The van der Waals surface area contributed by atoms with Crippen molar-refractivity contribution in [2.24, 2.45) is 5.92 Å². The van der Waals surface area contributed by atoms with E-state index >= 15 is 0 Å². The molecule has 0 aromatic heterocycles. The first-order chi connectivity index (χ1) is 12.7. The largest absolute Gasteiger partial charge is 0.496 e. The summed E-state index contributed by atoms with van der Waals surface area (Å²) in [6.07, 6.45) is 5.04. The molecule has 2 fully saturated rings. The van der Waals surface area contributed by atoms with Crippen molar-refractivity contribution in [3.63, 3.8) is 0 Å². The number of para-hydroxylation sites is 1. The molecule has 2 aliphatic rings. The zero-order valence-electron chi connectivity index (χ0n) is 15.2. The fourth-order valence-corrected chi connectivity index (χ4v) is 3.49.